The van der Waals surface area contributed by atoms with Crippen molar-refractivity contribution in [3.05, 3.63) is 57.1 Å². The fraction of sp³-hybridized carbons (Fsp3) is 0.188. The number of ether oxygens (including phenoxy) is 2. The monoisotopic (exact) mass is 347 g/mol. The number of hydrogen-bond acceptors (Lipinski definition) is 6. The molecule has 1 atom stereocenters. The second-order valence-corrected chi connectivity index (χ2v) is 5.53. The Morgan fingerprint density at radius 3 is 2.83 bits per heavy atom. The quantitative estimate of drug-likeness (QED) is 0.481. The Kier molecular flexibility index (Phi) is 4.52. The van der Waals surface area contributed by atoms with E-state index in [1.807, 2.05) is 18.2 Å². The van der Waals surface area contributed by atoms with Crippen molar-refractivity contribution >= 4 is 23.5 Å². The summed E-state index contributed by atoms with van der Waals surface area (Å²) < 4.78 is 11.3. The zero-order valence-electron chi connectivity index (χ0n) is 12.3. The molecule has 0 saturated carbocycles. The molecule has 0 aromatic heterocycles. The Labute approximate surface area is 142 Å². The molecule has 2 aromatic rings. The summed E-state index contributed by atoms with van der Waals surface area (Å²) in [6.45, 7) is 0.572. The van der Waals surface area contributed by atoms with Gasteiger partial charge in [-0.15, -0.1) is 0 Å². The van der Waals surface area contributed by atoms with Crippen LogP contribution < -0.4 is 14.6 Å². The summed E-state index contributed by atoms with van der Waals surface area (Å²) in [6, 6.07) is 9.65. The number of hydrogen-bond donors (Lipinski definition) is 0. The van der Waals surface area contributed by atoms with Gasteiger partial charge in [0.25, 0.3) is 5.69 Å². The molecule has 0 bridgehead atoms. The largest absolute Gasteiger partial charge is 0.867 e. The Bertz CT molecular complexity index is 809. The molecule has 0 amide bonds. The lowest BCUT2D eigenvalue weighted by Crippen LogP contribution is -2.31. The topological polar surface area (TPSA) is 97.0 Å². The van der Waals surface area contributed by atoms with E-state index in [0.717, 1.165) is 6.07 Å². The van der Waals surface area contributed by atoms with Crippen LogP contribution in [0, 0.1) is 10.1 Å². The summed E-state index contributed by atoms with van der Waals surface area (Å²) in [5, 5.41) is 22.9. The third kappa shape index (κ3) is 3.41. The van der Waals surface area contributed by atoms with Crippen LogP contribution in [0.4, 0.5) is 5.69 Å². The van der Waals surface area contributed by atoms with Crippen LogP contribution in [-0.2, 0) is 0 Å². The van der Waals surface area contributed by atoms with Crippen molar-refractivity contribution in [2.24, 2.45) is 4.99 Å². The van der Waals surface area contributed by atoms with Gasteiger partial charge in [0.2, 0.25) is 0 Å². The molecule has 3 rings (SSSR count). The summed E-state index contributed by atoms with van der Waals surface area (Å²) in [6.07, 6.45) is 0.964. The predicted octanol–water partition coefficient (Wildman–Crippen LogP) is 2.58. The fourth-order valence-corrected chi connectivity index (χ4v) is 2.47. The highest BCUT2D eigenvalue weighted by Gasteiger charge is 2.19. The van der Waals surface area contributed by atoms with Crippen molar-refractivity contribution in [2.75, 3.05) is 13.2 Å². The first kappa shape index (κ1) is 16.1. The Morgan fingerprint density at radius 1 is 1.33 bits per heavy atom. The molecule has 24 heavy (non-hydrogen) atoms. The second-order valence-electron chi connectivity index (χ2n) is 5.09. The van der Waals surface area contributed by atoms with Gasteiger partial charge in [-0.05, 0) is 29.5 Å². The molecular weight excluding hydrogens is 336 g/mol. The molecule has 0 spiro atoms. The van der Waals surface area contributed by atoms with Crippen LogP contribution in [0.15, 0.2) is 41.4 Å². The highest BCUT2D eigenvalue weighted by atomic mass is 35.5. The van der Waals surface area contributed by atoms with Gasteiger partial charge in [0, 0.05) is 17.3 Å². The average molecular weight is 348 g/mol. The first-order valence-electron chi connectivity index (χ1n) is 7.08. The highest BCUT2D eigenvalue weighted by molar-refractivity contribution is 6.31. The van der Waals surface area contributed by atoms with E-state index < -0.39 is 16.4 Å². The van der Waals surface area contributed by atoms with Crippen LogP contribution in [0.3, 0.4) is 0 Å². The Balaban J connectivity index is 1.71. The van der Waals surface area contributed by atoms with Crippen molar-refractivity contribution in [3.63, 3.8) is 0 Å². The molecule has 124 valence electrons. The van der Waals surface area contributed by atoms with E-state index in [2.05, 4.69) is 4.99 Å². The van der Waals surface area contributed by atoms with Crippen LogP contribution >= 0.6 is 11.6 Å². The number of nitrogens with zero attached hydrogens (tertiary/aromatic N) is 2. The molecule has 0 N–H and O–H groups in total. The standard InChI is InChI=1S/C16H13ClN2O5/c17-11-5-10(16(20)13(6-11)19(21)22)7-18-8-12-9-23-14-3-1-2-4-15(14)24-12/h1-7,12,20H,8-9H2/p-1/t12-/m1/s1. The minimum absolute atomic E-state index is 0.0614. The number of aliphatic imine (C=N–C) groups is 1. The van der Waals surface area contributed by atoms with E-state index in [1.165, 1.54) is 12.3 Å². The van der Waals surface area contributed by atoms with Gasteiger partial charge in [-0.1, -0.05) is 23.7 Å². The number of nitro groups is 1. The molecule has 0 unspecified atom stereocenters. The van der Waals surface area contributed by atoms with Crippen LogP contribution in [0.1, 0.15) is 5.56 Å². The van der Waals surface area contributed by atoms with Crippen molar-refractivity contribution < 1.29 is 19.5 Å². The third-order valence-corrected chi connectivity index (χ3v) is 3.58. The van der Waals surface area contributed by atoms with Gasteiger partial charge < -0.3 is 14.6 Å². The van der Waals surface area contributed by atoms with Crippen molar-refractivity contribution in [1.82, 2.24) is 0 Å². The highest BCUT2D eigenvalue weighted by Crippen LogP contribution is 2.31. The number of fused-ring (bicyclic) bond motifs is 1. The summed E-state index contributed by atoms with van der Waals surface area (Å²) in [5.41, 5.74) is -0.513. The molecule has 2 aromatic carbocycles. The van der Waals surface area contributed by atoms with Gasteiger partial charge in [0.15, 0.2) is 17.6 Å². The predicted molar refractivity (Wildman–Crippen MR) is 86.4 cm³/mol. The molecule has 8 heteroatoms. The number of benzene rings is 2. The van der Waals surface area contributed by atoms with E-state index in [9.17, 15) is 15.2 Å². The van der Waals surface area contributed by atoms with Crippen molar-refractivity contribution in [2.45, 2.75) is 6.10 Å². The molecule has 0 saturated heterocycles. The third-order valence-electron chi connectivity index (χ3n) is 3.37. The van der Waals surface area contributed by atoms with Gasteiger partial charge in [0.1, 0.15) is 6.61 Å². The van der Waals surface area contributed by atoms with Crippen molar-refractivity contribution in [1.29, 1.82) is 0 Å². The van der Waals surface area contributed by atoms with E-state index in [-0.39, 0.29) is 23.2 Å². The average Bonchev–Trinajstić information content (AvgIpc) is 2.57. The van der Waals surface area contributed by atoms with E-state index >= 15 is 0 Å². The lowest BCUT2D eigenvalue weighted by Gasteiger charge is -2.25. The Hall–Kier alpha value is -2.80. The van der Waals surface area contributed by atoms with E-state index in [0.29, 0.717) is 18.1 Å². The van der Waals surface area contributed by atoms with Crippen LogP contribution in [0.5, 0.6) is 17.2 Å². The zero-order valence-corrected chi connectivity index (χ0v) is 13.1. The van der Waals surface area contributed by atoms with Gasteiger partial charge in [-0.25, -0.2) is 0 Å². The first-order valence-corrected chi connectivity index (χ1v) is 7.45. The minimum Gasteiger partial charge on any atom is -0.867 e. The SMILES string of the molecule is O=[N+]([O-])c1cc(Cl)cc(C=NC[C@@H]2COc3ccccc3O2)c1[O-]. The molecular formula is C16H12ClN2O5-. The van der Waals surface area contributed by atoms with Crippen LogP contribution in [-0.4, -0.2) is 30.4 Å². The van der Waals surface area contributed by atoms with Crippen LogP contribution in [0.2, 0.25) is 5.02 Å². The van der Waals surface area contributed by atoms with Crippen molar-refractivity contribution in [3.8, 4) is 17.2 Å². The Morgan fingerprint density at radius 2 is 2.08 bits per heavy atom. The fourth-order valence-electron chi connectivity index (χ4n) is 2.25. The molecule has 1 heterocycles. The normalized spacial score (nSPS) is 16.3. The first-order chi connectivity index (χ1) is 11.5. The van der Waals surface area contributed by atoms with Gasteiger partial charge in [-0.2, -0.15) is 0 Å². The number of rotatable bonds is 4. The smallest absolute Gasteiger partial charge is 0.263 e. The van der Waals surface area contributed by atoms with Gasteiger partial charge in [-0.3, -0.25) is 15.1 Å². The maximum atomic E-state index is 12.0. The molecule has 0 aliphatic carbocycles. The zero-order chi connectivity index (χ0) is 17.1. The maximum absolute atomic E-state index is 12.0. The molecule has 0 fully saturated rings. The number of nitro benzene ring substituents is 1. The van der Waals surface area contributed by atoms with E-state index in [1.54, 1.807) is 6.07 Å². The van der Waals surface area contributed by atoms with E-state index in [4.69, 9.17) is 21.1 Å². The summed E-state index contributed by atoms with van der Waals surface area (Å²) in [5.74, 6) is 0.580. The summed E-state index contributed by atoms with van der Waals surface area (Å²) in [4.78, 5) is 14.2. The van der Waals surface area contributed by atoms with Gasteiger partial charge in [0.05, 0.1) is 11.5 Å². The summed E-state index contributed by atoms with van der Waals surface area (Å²) in [7, 11) is 0. The second kappa shape index (κ2) is 6.76. The van der Waals surface area contributed by atoms with Crippen LogP contribution in [0.25, 0.3) is 0 Å². The lowest BCUT2D eigenvalue weighted by atomic mass is 10.2. The maximum Gasteiger partial charge on any atom is 0.263 e. The number of halogens is 1. The molecule has 7 nitrogen and oxygen atoms in total. The molecule has 1 aliphatic rings. The minimum atomic E-state index is -0.763. The summed E-state index contributed by atoms with van der Waals surface area (Å²) >= 11 is 5.80. The van der Waals surface area contributed by atoms with Gasteiger partial charge >= 0.3 is 0 Å². The lowest BCUT2D eigenvalue weighted by molar-refractivity contribution is -0.398. The number of para-hydroxylation sites is 2. The molecule has 0 radical (unpaired) electrons. The molecule has 1 aliphatic heterocycles.